The van der Waals surface area contributed by atoms with Gasteiger partial charge in [-0.2, -0.15) is 4.52 Å². The molecule has 4 heteroatoms. The Morgan fingerprint density at radius 3 is 2.73 bits per heavy atom. The van der Waals surface area contributed by atoms with E-state index in [-0.39, 0.29) is 5.56 Å². The fourth-order valence-electron chi connectivity index (χ4n) is 1.82. The van der Waals surface area contributed by atoms with E-state index in [2.05, 4.69) is 10.1 Å². The number of pyridine rings is 1. The molecule has 0 radical (unpaired) electrons. The van der Waals surface area contributed by atoms with Crippen molar-refractivity contribution < 1.29 is 0 Å². The summed E-state index contributed by atoms with van der Waals surface area (Å²) in [4.78, 5) is 16.3. The van der Waals surface area contributed by atoms with Crippen LogP contribution in [-0.4, -0.2) is 14.6 Å². The van der Waals surface area contributed by atoms with Gasteiger partial charge in [-0.3, -0.25) is 9.89 Å². The summed E-state index contributed by atoms with van der Waals surface area (Å²) in [7, 11) is 0. The first-order valence-electron chi connectivity index (χ1n) is 5.27. The summed E-state index contributed by atoms with van der Waals surface area (Å²) in [6.07, 6.45) is 1.57. The standard InChI is InChI=1S/C11H15N3O/c1-4-8-7(3)6-10-12-9(5-2)13-14(10)11(8)15/h6H,4-5H2,1-3H3,(H,12,13). The zero-order valence-electron chi connectivity index (χ0n) is 9.29. The van der Waals surface area contributed by atoms with Gasteiger partial charge in [0.05, 0.1) is 0 Å². The molecule has 2 aromatic heterocycles. The smallest absolute Gasteiger partial charge is 0.274 e. The molecule has 0 bridgehead atoms. The first-order chi connectivity index (χ1) is 7.17. The third-order valence-corrected chi connectivity index (χ3v) is 2.69. The summed E-state index contributed by atoms with van der Waals surface area (Å²) in [6.45, 7) is 5.96. The Hall–Kier alpha value is -1.58. The maximum Gasteiger partial charge on any atom is 0.274 e. The van der Waals surface area contributed by atoms with E-state index in [1.807, 2.05) is 26.8 Å². The molecule has 0 saturated carbocycles. The minimum atomic E-state index is 0.0275. The first kappa shape index (κ1) is 9.96. The normalized spacial score (nSPS) is 11.1. The molecule has 0 aliphatic rings. The maximum atomic E-state index is 12.0. The average molecular weight is 205 g/mol. The average Bonchev–Trinajstić information content (AvgIpc) is 2.61. The van der Waals surface area contributed by atoms with Gasteiger partial charge in [-0.25, -0.2) is 4.98 Å². The number of hydrogen-bond acceptors (Lipinski definition) is 2. The van der Waals surface area contributed by atoms with Gasteiger partial charge >= 0.3 is 0 Å². The molecule has 2 aromatic rings. The second kappa shape index (κ2) is 3.53. The molecule has 0 amide bonds. The molecule has 0 fully saturated rings. The van der Waals surface area contributed by atoms with Crippen molar-refractivity contribution >= 4 is 5.65 Å². The number of aromatic nitrogens is 3. The van der Waals surface area contributed by atoms with Crippen molar-refractivity contribution in [2.75, 3.05) is 0 Å². The van der Waals surface area contributed by atoms with E-state index in [9.17, 15) is 4.79 Å². The lowest BCUT2D eigenvalue weighted by molar-refractivity contribution is 0.843. The molecule has 0 aromatic carbocycles. The van der Waals surface area contributed by atoms with Crippen LogP contribution in [-0.2, 0) is 12.8 Å². The molecule has 15 heavy (non-hydrogen) atoms. The Labute approximate surface area is 87.9 Å². The second-order valence-electron chi connectivity index (χ2n) is 3.68. The highest BCUT2D eigenvalue weighted by molar-refractivity contribution is 5.43. The molecule has 2 heterocycles. The summed E-state index contributed by atoms with van der Waals surface area (Å²) in [6, 6.07) is 1.95. The molecule has 4 nitrogen and oxygen atoms in total. The van der Waals surface area contributed by atoms with Gasteiger partial charge in [-0.15, -0.1) is 0 Å². The van der Waals surface area contributed by atoms with Crippen LogP contribution in [0, 0.1) is 6.92 Å². The van der Waals surface area contributed by atoms with Crippen LogP contribution in [0.4, 0.5) is 0 Å². The summed E-state index contributed by atoms with van der Waals surface area (Å²) in [5.74, 6) is 0.847. The third-order valence-electron chi connectivity index (χ3n) is 2.69. The zero-order valence-corrected chi connectivity index (χ0v) is 9.29. The molecule has 80 valence electrons. The van der Waals surface area contributed by atoms with Gasteiger partial charge in [-0.05, 0) is 25.0 Å². The van der Waals surface area contributed by atoms with Gasteiger partial charge in [0.15, 0.2) is 5.65 Å². The second-order valence-corrected chi connectivity index (χ2v) is 3.68. The SMILES string of the molecule is CCc1nc2cc(C)c(CC)c(=O)n2[nH]1. The fourth-order valence-corrected chi connectivity index (χ4v) is 1.82. The predicted octanol–water partition coefficient (Wildman–Crippen LogP) is 1.46. The Balaban J connectivity index is 2.82. The van der Waals surface area contributed by atoms with Crippen LogP contribution in [0.25, 0.3) is 5.65 Å². The lowest BCUT2D eigenvalue weighted by Crippen LogP contribution is -2.19. The van der Waals surface area contributed by atoms with Crippen molar-refractivity contribution in [1.82, 2.24) is 14.6 Å². The van der Waals surface area contributed by atoms with Gasteiger partial charge < -0.3 is 0 Å². The van der Waals surface area contributed by atoms with E-state index < -0.39 is 0 Å². The van der Waals surface area contributed by atoms with E-state index >= 15 is 0 Å². The maximum absolute atomic E-state index is 12.0. The third kappa shape index (κ3) is 1.46. The molecule has 2 rings (SSSR count). The Morgan fingerprint density at radius 2 is 2.13 bits per heavy atom. The van der Waals surface area contributed by atoms with Crippen molar-refractivity contribution in [2.24, 2.45) is 0 Å². The number of aromatic amines is 1. The molecule has 0 aliphatic carbocycles. The number of nitrogens with one attached hydrogen (secondary N) is 1. The van der Waals surface area contributed by atoms with Crippen molar-refractivity contribution in [3.05, 3.63) is 33.4 Å². The minimum Gasteiger partial charge on any atom is -0.276 e. The first-order valence-corrected chi connectivity index (χ1v) is 5.27. The van der Waals surface area contributed by atoms with E-state index in [1.54, 1.807) is 0 Å². The lowest BCUT2D eigenvalue weighted by atomic mass is 10.1. The highest BCUT2D eigenvalue weighted by atomic mass is 16.1. The van der Waals surface area contributed by atoms with Crippen LogP contribution < -0.4 is 5.56 Å². The van der Waals surface area contributed by atoms with Gasteiger partial charge in [0.1, 0.15) is 5.82 Å². The Morgan fingerprint density at radius 1 is 1.40 bits per heavy atom. The molecule has 1 N–H and O–H groups in total. The summed E-state index contributed by atoms with van der Waals surface area (Å²) in [5, 5.41) is 3.01. The molecule has 0 saturated heterocycles. The highest BCUT2D eigenvalue weighted by Crippen LogP contribution is 2.07. The molecular formula is C11H15N3O. The van der Waals surface area contributed by atoms with Gasteiger partial charge in [0, 0.05) is 12.0 Å². The van der Waals surface area contributed by atoms with E-state index in [0.29, 0.717) is 5.65 Å². The largest absolute Gasteiger partial charge is 0.276 e. The van der Waals surface area contributed by atoms with Crippen molar-refractivity contribution in [3.63, 3.8) is 0 Å². The minimum absolute atomic E-state index is 0.0275. The number of hydrogen-bond donors (Lipinski definition) is 1. The van der Waals surface area contributed by atoms with Crippen molar-refractivity contribution in [2.45, 2.75) is 33.6 Å². The predicted molar refractivity (Wildman–Crippen MR) is 59.3 cm³/mol. The summed E-state index contributed by atoms with van der Waals surface area (Å²) in [5.41, 5.74) is 2.63. The molecule has 0 atom stereocenters. The van der Waals surface area contributed by atoms with Crippen molar-refractivity contribution in [3.8, 4) is 0 Å². The zero-order chi connectivity index (χ0) is 11.0. The summed E-state index contributed by atoms with van der Waals surface area (Å²) >= 11 is 0. The topological polar surface area (TPSA) is 50.2 Å². The molecule has 0 unspecified atom stereocenters. The van der Waals surface area contributed by atoms with Crippen molar-refractivity contribution in [1.29, 1.82) is 0 Å². The number of fused-ring (bicyclic) bond motifs is 1. The monoisotopic (exact) mass is 205 g/mol. The van der Waals surface area contributed by atoms with Crippen LogP contribution in [0.15, 0.2) is 10.9 Å². The van der Waals surface area contributed by atoms with Gasteiger partial charge in [-0.1, -0.05) is 13.8 Å². The molecular weight excluding hydrogens is 190 g/mol. The number of rotatable bonds is 2. The van der Waals surface area contributed by atoms with E-state index in [4.69, 9.17) is 0 Å². The number of nitrogens with zero attached hydrogens (tertiary/aromatic N) is 2. The van der Waals surface area contributed by atoms with E-state index in [0.717, 1.165) is 29.8 Å². The molecule has 0 aliphatic heterocycles. The number of aryl methyl sites for hydroxylation is 2. The lowest BCUT2D eigenvalue weighted by Gasteiger charge is -2.01. The van der Waals surface area contributed by atoms with Crippen LogP contribution >= 0.6 is 0 Å². The molecule has 0 spiro atoms. The van der Waals surface area contributed by atoms with E-state index in [1.165, 1.54) is 4.52 Å². The van der Waals surface area contributed by atoms with Crippen LogP contribution in [0.2, 0.25) is 0 Å². The quantitative estimate of drug-likeness (QED) is 0.806. The Kier molecular flexibility index (Phi) is 2.34. The van der Waals surface area contributed by atoms with Crippen LogP contribution in [0.3, 0.4) is 0 Å². The van der Waals surface area contributed by atoms with Crippen LogP contribution in [0.5, 0.6) is 0 Å². The summed E-state index contributed by atoms with van der Waals surface area (Å²) < 4.78 is 1.53. The van der Waals surface area contributed by atoms with Gasteiger partial charge in [0.25, 0.3) is 5.56 Å². The van der Waals surface area contributed by atoms with Crippen LogP contribution in [0.1, 0.15) is 30.8 Å². The fraction of sp³-hybridized carbons (Fsp3) is 0.455. The number of H-pyrrole nitrogens is 1. The highest BCUT2D eigenvalue weighted by Gasteiger charge is 2.09. The van der Waals surface area contributed by atoms with Gasteiger partial charge in [0.2, 0.25) is 0 Å². The Bertz CT molecular complexity index is 551.